The number of rotatable bonds is 4. The Hall–Kier alpha value is -1.69. The second kappa shape index (κ2) is 4.89. The molecule has 0 saturated carbocycles. The summed E-state index contributed by atoms with van der Waals surface area (Å²) < 4.78 is 1.80. The molecule has 0 unspecified atom stereocenters. The third-order valence-electron chi connectivity index (χ3n) is 2.25. The fourth-order valence-electron chi connectivity index (χ4n) is 1.37. The van der Waals surface area contributed by atoms with Gasteiger partial charge in [-0.1, -0.05) is 0 Å². The summed E-state index contributed by atoms with van der Waals surface area (Å²) in [5, 5.41) is 8.61. The molecule has 0 bridgehead atoms. The summed E-state index contributed by atoms with van der Waals surface area (Å²) >= 11 is 1.42. The second-order valence-corrected chi connectivity index (χ2v) is 4.04. The highest BCUT2D eigenvalue weighted by atomic mass is 32.1. The first-order chi connectivity index (χ1) is 7.77. The Morgan fingerprint density at radius 1 is 1.62 bits per heavy atom. The minimum atomic E-state index is -0.122. The van der Waals surface area contributed by atoms with E-state index in [2.05, 4.69) is 15.4 Å². The molecule has 0 aliphatic heterocycles. The molecular weight excluding hydrogens is 224 g/mol. The number of aromatic nitrogens is 3. The van der Waals surface area contributed by atoms with E-state index in [0.717, 1.165) is 12.1 Å². The van der Waals surface area contributed by atoms with Gasteiger partial charge in [-0.25, -0.2) is 4.98 Å². The molecule has 84 valence electrons. The van der Waals surface area contributed by atoms with Crippen molar-refractivity contribution < 1.29 is 4.79 Å². The van der Waals surface area contributed by atoms with Crippen molar-refractivity contribution in [2.24, 2.45) is 7.05 Å². The fourth-order valence-corrected chi connectivity index (χ4v) is 1.90. The number of hydrogen-bond acceptors (Lipinski definition) is 4. The lowest BCUT2D eigenvalue weighted by Gasteiger charge is -2.03. The van der Waals surface area contributed by atoms with Crippen molar-refractivity contribution in [3.63, 3.8) is 0 Å². The van der Waals surface area contributed by atoms with Crippen molar-refractivity contribution in [2.75, 3.05) is 6.54 Å². The number of aryl methyl sites for hydroxylation is 1. The summed E-state index contributed by atoms with van der Waals surface area (Å²) in [6, 6.07) is 1.94. The Morgan fingerprint density at radius 2 is 2.50 bits per heavy atom. The van der Waals surface area contributed by atoms with Crippen LogP contribution >= 0.6 is 11.3 Å². The molecule has 0 aromatic carbocycles. The van der Waals surface area contributed by atoms with Gasteiger partial charge in [0.15, 0.2) is 0 Å². The Labute approximate surface area is 97.1 Å². The topological polar surface area (TPSA) is 59.8 Å². The van der Waals surface area contributed by atoms with Crippen LogP contribution in [0.1, 0.15) is 16.2 Å². The smallest absolute Gasteiger partial charge is 0.270 e. The Balaban J connectivity index is 1.81. The van der Waals surface area contributed by atoms with Crippen molar-refractivity contribution in [2.45, 2.75) is 6.42 Å². The zero-order valence-corrected chi connectivity index (χ0v) is 9.70. The number of thiazole rings is 1. The molecule has 0 atom stereocenters. The van der Waals surface area contributed by atoms with Crippen LogP contribution in [0.3, 0.4) is 0 Å². The van der Waals surface area contributed by atoms with Crippen LogP contribution in [0.5, 0.6) is 0 Å². The number of nitrogens with zero attached hydrogens (tertiary/aromatic N) is 3. The lowest BCUT2D eigenvalue weighted by atomic mass is 10.3. The molecule has 16 heavy (non-hydrogen) atoms. The standard InChI is InChI=1S/C10H12N4OS/c1-14-8(3-5-13-14)2-4-11-10(15)9-6-16-7-12-9/h3,5-7H,2,4H2,1H3,(H,11,15). The third-order valence-corrected chi connectivity index (χ3v) is 2.84. The van der Waals surface area contributed by atoms with Gasteiger partial charge in [0, 0.05) is 37.3 Å². The first-order valence-corrected chi connectivity index (χ1v) is 5.85. The average molecular weight is 236 g/mol. The molecule has 1 amide bonds. The molecule has 2 aromatic heterocycles. The number of hydrogen-bond donors (Lipinski definition) is 1. The highest BCUT2D eigenvalue weighted by Crippen LogP contribution is 2.01. The molecule has 1 N–H and O–H groups in total. The number of carbonyl (C=O) groups is 1. The molecule has 0 spiro atoms. The van der Waals surface area contributed by atoms with E-state index in [1.807, 2.05) is 13.1 Å². The van der Waals surface area contributed by atoms with Gasteiger partial charge in [-0.3, -0.25) is 9.48 Å². The van der Waals surface area contributed by atoms with Crippen LogP contribution in [0.4, 0.5) is 0 Å². The Bertz CT molecular complexity index is 463. The minimum Gasteiger partial charge on any atom is -0.350 e. The zero-order chi connectivity index (χ0) is 11.4. The highest BCUT2D eigenvalue weighted by Gasteiger charge is 2.06. The third kappa shape index (κ3) is 2.46. The minimum absolute atomic E-state index is 0.122. The van der Waals surface area contributed by atoms with Gasteiger partial charge in [0.25, 0.3) is 5.91 Å². The van der Waals surface area contributed by atoms with Gasteiger partial charge in [-0.05, 0) is 6.07 Å². The summed E-state index contributed by atoms with van der Waals surface area (Å²) in [6.45, 7) is 0.593. The van der Waals surface area contributed by atoms with Crippen LogP contribution in [0.2, 0.25) is 0 Å². The molecule has 2 rings (SSSR count). The molecule has 2 heterocycles. The monoisotopic (exact) mass is 236 g/mol. The molecular formula is C10H12N4OS. The summed E-state index contributed by atoms with van der Waals surface area (Å²) in [6.07, 6.45) is 2.52. The molecule has 5 nitrogen and oxygen atoms in total. The summed E-state index contributed by atoms with van der Waals surface area (Å²) in [7, 11) is 1.89. The van der Waals surface area contributed by atoms with E-state index in [0.29, 0.717) is 12.2 Å². The van der Waals surface area contributed by atoms with E-state index in [1.54, 1.807) is 21.8 Å². The summed E-state index contributed by atoms with van der Waals surface area (Å²) in [5.41, 5.74) is 3.23. The largest absolute Gasteiger partial charge is 0.350 e. The van der Waals surface area contributed by atoms with Crippen molar-refractivity contribution in [3.8, 4) is 0 Å². The van der Waals surface area contributed by atoms with E-state index in [9.17, 15) is 4.79 Å². The van der Waals surface area contributed by atoms with Gasteiger partial charge < -0.3 is 5.32 Å². The van der Waals surface area contributed by atoms with Gasteiger partial charge in [-0.15, -0.1) is 11.3 Å². The van der Waals surface area contributed by atoms with Crippen LogP contribution in [0.15, 0.2) is 23.2 Å². The number of nitrogens with one attached hydrogen (secondary N) is 1. The lowest BCUT2D eigenvalue weighted by Crippen LogP contribution is -2.26. The molecule has 6 heteroatoms. The SMILES string of the molecule is Cn1nccc1CCNC(=O)c1cscn1. The maximum Gasteiger partial charge on any atom is 0.270 e. The maximum absolute atomic E-state index is 11.5. The quantitative estimate of drug-likeness (QED) is 0.856. The van der Waals surface area contributed by atoms with E-state index >= 15 is 0 Å². The highest BCUT2D eigenvalue weighted by molar-refractivity contribution is 7.07. The van der Waals surface area contributed by atoms with E-state index in [-0.39, 0.29) is 5.91 Å². The molecule has 0 saturated heterocycles. The number of amides is 1. The van der Waals surface area contributed by atoms with Gasteiger partial charge in [0.05, 0.1) is 5.51 Å². The van der Waals surface area contributed by atoms with Crippen LogP contribution in [0.25, 0.3) is 0 Å². The van der Waals surface area contributed by atoms with Crippen molar-refractivity contribution in [3.05, 3.63) is 34.5 Å². The van der Waals surface area contributed by atoms with Crippen molar-refractivity contribution >= 4 is 17.2 Å². The molecule has 0 aliphatic carbocycles. The van der Waals surface area contributed by atoms with Crippen molar-refractivity contribution in [1.29, 1.82) is 0 Å². The maximum atomic E-state index is 11.5. The summed E-state index contributed by atoms with van der Waals surface area (Å²) in [4.78, 5) is 15.5. The first-order valence-electron chi connectivity index (χ1n) is 4.90. The predicted octanol–water partition coefficient (Wildman–Crippen LogP) is 0.849. The second-order valence-electron chi connectivity index (χ2n) is 3.33. The summed E-state index contributed by atoms with van der Waals surface area (Å²) in [5.74, 6) is -0.122. The van der Waals surface area contributed by atoms with Crippen LogP contribution in [-0.4, -0.2) is 27.2 Å². The first kappa shape index (κ1) is 10.8. The van der Waals surface area contributed by atoms with Crippen molar-refractivity contribution in [1.82, 2.24) is 20.1 Å². The van der Waals surface area contributed by atoms with Gasteiger partial charge in [-0.2, -0.15) is 5.10 Å². The van der Waals surface area contributed by atoms with Crippen LogP contribution < -0.4 is 5.32 Å². The number of carbonyl (C=O) groups excluding carboxylic acids is 1. The molecule has 2 aromatic rings. The van der Waals surface area contributed by atoms with E-state index in [1.165, 1.54) is 11.3 Å². The zero-order valence-electron chi connectivity index (χ0n) is 8.88. The molecule has 0 fully saturated rings. The molecule has 0 radical (unpaired) electrons. The van der Waals surface area contributed by atoms with Crippen LogP contribution in [0, 0.1) is 0 Å². The Kier molecular flexibility index (Phi) is 3.31. The van der Waals surface area contributed by atoms with Crippen LogP contribution in [-0.2, 0) is 13.5 Å². The molecule has 0 aliphatic rings. The lowest BCUT2D eigenvalue weighted by molar-refractivity contribution is 0.0949. The van der Waals surface area contributed by atoms with E-state index in [4.69, 9.17) is 0 Å². The average Bonchev–Trinajstić information content (AvgIpc) is 2.90. The normalized spacial score (nSPS) is 10.3. The van der Waals surface area contributed by atoms with Gasteiger partial charge in [0.2, 0.25) is 0 Å². The van der Waals surface area contributed by atoms with E-state index < -0.39 is 0 Å². The Morgan fingerprint density at radius 3 is 3.12 bits per heavy atom. The van der Waals surface area contributed by atoms with Gasteiger partial charge in [0.1, 0.15) is 5.69 Å². The fraction of sp³-hybridized carbons (Fsp3) is 0.300. The van der Waals surface area contributed by atoms with Gasteiger partial charge >= 0.3 is 0 Å². The predicted molar refractivity (Wildman–Crippen MR) is 61.4 cm³/mol.